The first-order valence-electron chi connectivity index (χ1n) is 7.90. The van der Waals surface area contributed by atoms with Gasteiger partial charge in [-0.25, -0.2) is 0 Å². The zero-order valence-electron chi connectivity index (χ0n) is 14.5. The molecule has 1 rings (SSSR count). The van der Waals surface area contributed by atoms with E-state index in [2.05, 4.69) is 96.0 Å². The normalized spacial score (nSPS) is 11.1. The summed E-state index contributed by atoms with van der Waals surface area (Å²) in [4.78, 5) is 0. The second kappa shape index (κ2) is 7.53. The van der Waals surface area contributed by atoms with Crippen molar-refractivity contribution in [3.8, 4) is 23.3 Å². The third-order valence-electron chi connectivity index (χ3n) is 4.47. The smallest absolute Gasteiger partial charge is 0.116 e. The minimum atomic E-state index is -1.64. The highest BCUT2D eigenvalue weighted by Gasteiger charge is 2.41. The van der Waals surface area contributed by atoms with Crippen LogP contribution < -0.4 is 0 Å². The van der Waals surface area contributed by atoms with Gasteiger partial charge in [-0.2, -0.15) is 0 Å². The van der Waals surface area contributed by atoms with Gasteiger partial charge in [-0.1, -0.05) is 65.2 Å². The number of benzene rings is 1. The lowest BCUT2D eigenvalue weighted by Crippen LogP contribution is -2.43. The lowest BCUT2D eigenvalue weighted by Gasteiger charge is -2.37. The van der Waals surface area contributed by atoms with Crippen LogP contribution in [0.5, 0.6) is 0 Å². The molecule has 0 N–H and O–H groups in total. The van der Waals surface area contributed by atoms with Gasteiger partial charge in [0.1, 0.15) is 8.07 Å². The highest BCUT2D eigenvalue weighted by atomic mass is 28.3. The summed E-state index contributed by atoms with van der Waals surface area (Å²) in [5.74, 6) is 9.41. The lowest BCUT2D eigenvalue weighted by molar-refractivity contribution is 0.838. The topological polar surface area (TPSA) is 0 Å². The molecule has 0 atom stereocenters. The van der Waals surface area contributed by atoms with Crippen LogP contribution in [0, 0.1) is 30.2 Å². The molecule has 0 amide bonds. The van der Waals surface area contributed by atoms with Crippen LogP contribution in [0.15, 0.2) is 24.3 Å². The number of rotatable bonds is 3. The van der Waals surface area contributed by atoms with Crippen molar-refractivity contribution in [2.24, 2.45) is 0 Å². The largest absolute Gasteiger partial charge is 0.147 e. The van der Waals surface area contributed by atoms with Crippen LogP contribution in [0.4, 0.5) is 0 Å². The van der Waals surface area contributed by atoms with E-state index in [1.807, 2.05) is 0 Å². The van der Waals surface area contributed by atoms with Crippen molar-refractivity contribution in [2.75, 3.05) is 0 Å². The summed E-state index contributed by atoms with van der Waals surface area (Å²) < 4.78 is 0. The summed E-state index contributed by atoms with van der Waals surface area (Å²) in [6.45, 7) is 16.1. The molecule has 0 radical (unpaired) electrons. The Kier molecular flexibility index (Phi) is 6.32. The van der Waals surface area contributed by atoms with Crippen molar-refractivity contribution >= 4 is 8.07 Å². The highest BCUT2D eigenvalue weighted by Crippen LogP contribution is 2.40. The maximum absolute atomic E-state index is 3.63. The Labute approximate surface area is 132 Å². The molecular weight excluding hydrogens is 268 g/mol. The Morgan fingerprint density at radius 3 is 1.67 bits per heavy atom. The zero-order valence-corrected chi connectivity index (χ0v) is 15.5. The SMILES string of the molecule is Cc1ccc(C#CC#C[Si](C(C)C)(C(C)C)C(C)C)cc1. The summed E-state index contributed by atoms with van der Waals surface area (Å²) in [5, 5.41) is 0. The number of hydrogen-bond donors (Lipinski definition) is 0. The molecule has 0 aliphatic carbocycles. The molecule has 0 saturated heterocycles. The summed E-state index contributed by atoms with van der Waals surface area (Å²) in [7, 11) is -1.64. The average molecular weight is 297 g/mol. The van der Waals surface area contributed by atoms with E-state index >= 15 is 0 Å². The van der Waals surface area contributed by atoms with Gasteiger partial charge in [-0.15, -0.1) is 5.54 Å². The van der Waals surface area contributed by atoms with E-state index in [1.165, 1.54) is 5.56 Å². The summed E-state index contributed by atoms with van der Waals surface area (Å²) >= 11 is 0. The molecule has 0 fully saturated rings. The van der Waals surface area contributed by atoms with Gasteiger partial charge in [-0.05, 0) is 47.5 Å². The first-order chi connectivity index (χ1) is 9.80. The van der Waals surface area contributed by atoms with E-state index in [0.29, 0.717) is 16.6 Å². The van der Waals surface area contributed by atoms with Crippen molar-refractivity contribution in [1.29, 1.82) is 0 Å². The minimum absolute atomic E-state index is 0.658. The van der Waals surface area contributed by atoms with E-state index in [9.17, 15) is 0 Å². The Bertz CT molecular complexity index is 546. The maximum Gasteiger partial charge on any atom is 0.147 e. The summed E-state index contributed by atoms with van der Waals surface area (Å²) in [5.41, 5.74) is 7.91. The molecule has 0 bridgehead atoms. The molecular formula is C20H28Si. The molecule has 21 heavy (non-hydrogen) atoms. The van der Waals surface area contributed by atoms with Crippen molar-refractivity contribution < 1.29 is 0 Å². The lowest BCUT2D eigenvalue weighted by atomic mass is 10.2. The van der Waals surface area contributed by atoms with Gasteiger partial charge < -0.3 is 0 Å². The Hall–Kier alpha value is -1.44. The summed E-state index contributed by atoms with van der Waals surface area (Å²) in [6.07, 6.45) is 0. The van der Waals surface area contributed by atoms with E-state index in [1.54, 1.807) is 0 Å². The van der Waals surface area contributed by atoms with Gasteiger partial charge in [0.2, 0.25) is 0 Å². The van der Waals surface area contributed by atoms with E-state index in [4.69, 9.17) is 0 Å². The predicted octanol–water partition coefficient (Wildman–Crippen LogP) is 5.57. The molecule has 0 saturated carbocycles. The Balaban J connectivity index is 3.05. The second-order valence-corrected chi connectivity index (χ2v) is 12.3. The van der Waals surface area contributed by atoms with Gasteiger partial charge in [0.15, 0.2) is 0 Å². The standard InChI is InChI=1S/C20H28Si/c1-16(2)21(17(3)4,18(5)6)15-9-8-10-20-13-11-19(7)12-14-20/h11-14,16-18H,1-7H3. The van der Waals surface area contributed by atoms with Crippen LogP contribution in [0.3, 0.4) is 0 Å². The fourth-order valence-corrected chi connectivity index (χ4v) is 8.46. The van der Waals surface area contributed by atoms with Gasteiger partial charge in [-0.3, -0.25) is 0 Å². The Morgan fingerprint density at radius 1 is 0.762 bits per heavy atom. The molecule has 1 heteroatoms. The molecule has 112 valence electrons. The molecule has 0 aliphatic heterocycles. The fraction of sp³-hybridized carbons (Fsp3) is 0.500. The predicted molar refractivity (Wildman–Crippen MR) is 96.9 cm³/mol. The van der Waals surface area contributed by atoms with Crippen LogP contribution in [0.1, 0.15) is 52.7 Å². The molecule has 0 aliphatic rings. The second-order valence-electron chi connectivity index (χ2n) is 6.76. The van der Waals surface area contributed by atoms with E-state index in [0.717, 1.165) is 5.56 Å². The molecule has 1 aromatic rings. The van der Waals surface area contributed by atoms with Crippen molar-refractivity contribution in [1.82, 2.24) is 0 Å². The maximum atomic E-state index is 3.63. The van der Waals surface area contributed by atoms with Crippen LogP contribution in [0.25, 0.3) is 0 Å². The Morgan fingerprint density at radius 2 is 1.24 bits per heavy atom. The minimum Gasteiger partial charge on any atom is -0.116 e. The van der Waals surface area contributed by atoms with E-state index < -0.39 is 8.07 Å². The van der Waals surface area contributed by atoms with Gasteiger partial charge >= 0.3 is 0 Å². The fourth-order valence-electron chi connectivity index (χ4n) is 3.31. The van der Waals surface area contributed by atoms with Crippen LogP contribution in [-0.4, -0.2) is 8.07 Å². The molecule has 0 unspecified atom stereocenters. The highest BCUT2D eigenvalue weighted by molar-refractivity contribution is 6.90. The van der Waals surface area contributed by atoms with Crippen LogP contribution in [0.2, 0.25) is 16.6 Å². The molecule has 0 heterocycles. The zero-order chi connectivity index (χ0) is 16.0. The van der Waals surface area contributed by atoms with Crippen LogP contribution >= 0.6 is 0 Å². The van der Waals surface area contributed by atoms with Gasteiger partial charge in [0, 0.05) is 5.56 Å². The third-order valence-corrected chi connectivity index (χ3v) is 10.8. The van der Waals surface area contributed by atoms with Gasteiger partial charge in [0.05, 0.1) is 0 Å². The van der Waals surface area contributed by atoms with E-state index in [-0.39, 0.29) is 0 Å². The van der Waals surface area contributed by atoms with Crippen molar-refractivity contribution in [3.63, 3.8) is 0 Å². The number of aryl methyl sites for hydroxylation is 1. The third kappa shape index (κ3) is 4.26. The number of hydrogen-bond acceptors (Lipinski definition) is 0. The first-order valence-corrected chi connectivity index (χ1v) is 10.1. The van der Waals surface area contributed by atoms with Crippen molar-refractivity contribution in [3.05, 3.63) is 35.4 Å². The molecule has 0 nitrogen and oxygen atoms in total. The van der Waals surface area contributed by atoms with Crippen LogP contribution in [-0.2, 0) is 0 Å². The molecule has 0 aromatic heterocycles. The van der Waals surface area contributed by atoms with Crippen molar-refractivity contribution in [2.45, 2.75) is 65.1 Å². The average Bonchev–Trinajstić information content (AvgIpc) is 2.39. The van der Waals surface area contributed by atoms with Gasteiger partial charge in [0.25, 0.3) is 0 Å². The quantitative estimate of drug-likeness (QED) is 0.505. The summed E-state index contributed by atoms with van der Waals surface area (Å²) in [6, 6.07) is 8.30. The monoisotopic (exact) mass is 296 g/mol. The first kappa shape index (κ1) is 17.6. The molecule has 1 aromatic carbocycles. The molecule has 0 spiro atoms.